The van der Waals surface area contributed by atoms with Gasteiger partial charge in [-0.15, -0.1) is 0 Å². The fourth-order valence-corrected chi connectivity index (χ4v) is 3.48. The quantitative estimate of drug-likeness (QED) is 0.541. The molecule has 1 heterocycles. The Hall–Kier alpha value is -0.120. The van der Waals surface area contributed by atoms with Crippen molar-refractivity contribution in [3.63, 3.8) is 0 Å². The highest BCUT2D eigenvalue weighted by Crippen LogP contribution is 2.36. The third-order valence-electron chi connectivity index (χ3n) is 5.31. The van der Waals surface area contributed by atoms with E-state index in [2.05, 4.69) is 24.2 Å². The molecule has 3 nitrogen and oxygen atoms in total. The molecule has 2 atom stereocenters. The molecule has 1 aliphatic heterocycles. The van der Waals surface area contributed by atoms with Gasteiger partial charge in [0, 0.05) is 11.6 Å². The number of nitrogens with zero attached hydrogens (tertiary/aromatic N) is 1. The Kier molecular flexibility index (Phi) is 5.05. The molecule has 0 aromatic heterocycles. The number of hydrogen-bond acceptors (Lipinski definition) is 3. The van der Waals surface area contributed by atoms with Crippen LogP contribution in [-0.2, 0) is 0 Å². The van der Waals surface area contributed by atoms with Crippen LogP contribution in [0.4, 0.5) is 0 Å². The van der Waals surface area contributed by atoms with Crippen LogP contribution in [0.15, 0.2) is 0 Å². The molecule has 2 aliphatic rings. The topological polar surface area (TPSA) is 41.3 Å². The number of rotatable bonds is 7. The maximum absolute atomic E-state index is 5.87. The summed E-state index contributed by atoms with van der Waals surface area (Å²) < 4.78 is 0. The van der Waals surface area contributed by atoms with Gasteiger partial charge in [0.25, 0.3) is 0 Å². The predicted octanol–water partition coefficient (Wildman–Crippen LogP) is 2.66. The van der Waals surface area contributed by atoms with E-state index in [4.69, 9.17) is 5.84 Å². The number of nitrogens with one attached hydrogen (secondary N) is 1. The van der Waals surface area contributed by atoms with Crippen LogP contribution in [0.1, 0.15) is 65.2 Å². The largest absolute Gasteiger partial charge is 0.296 e. The van der Waals surface area contributed by atoms with Crippen molar-refractivity contribution in [2.24, 2.45) is 11.8 Å². The van der Waals surface area contributed by atoms with Gasteiger partial charge in [-0.2, -0.15) is 0 Å². The molecule has 0 aromatic rings. The molecule has 2 unspecified atom stereocenters. The molecule has 2 rings (SSSR count). The van der Waals surface area contributed by atoms with Crippen LogP contribution < -0.4 is 11.3 Å². The van der Waals surface area contributed by atoms with Crippen molar-refractivity contribution in [1.29, 1.82) is 0 Å². The number of nitrogens with two attached hydrogens (primary N) is 1. The summed E-state index contributed by atoms with van der Waals surface area (Å²) in [6.07, 6.45) is 10.8. The lowest BCUT2D eigenvalue weighted by Gasteiger charge is -2.48. The first-order valence-corrected chi connectivity index (χ1v) is 7.92. The van der Waals surface area contributed by atoms with Crippen molar-refractivity contribution in [2.45, 2.75) is 76.8 Å². The van der Waals surface area contributed by atoms with E-state index in [1.807, 2.05) is 0 Å². The molecule has 106 valence electrons. The van der Waals surface area contributed by atoms with Crippen molar-refractivity contribution < 1.29 is 0 Å². The fourth-order valence-electron chi connectivity index (χ4n) is 3.48. The van der Waals surface area contributed by atoms with Crippen LogP contribution in [0, 0.1) is 5.92 Å². The van der Waals surface area contributed by atoms with E-state index in [0.29, 0.717) is 6.04 Å². The predicted molar refractivity (Wildman–Crippen MR) is 77.2 cm³/mol. The minimum atomic E-state index is 0.240. The molecule has 0 spiro atoms. The summed E-state index contributed by atoms with van der Waals surface area (Å²) in [6.45, 7) is 7.24. The lowest BCUT2D eigenvalue weighted by molar-refractivity contribution is 0.0391. The van der Waals surface area contributed by atoms with E-state index in [-0.39, 0.29) is 5.54 Å². The van der Waals surface area contributed by atoms with Gasteiger partial charge in [0.2, 0.25) is 0 Å². The summed E-state index contributed by atoms with van der Waals surface area (Å²) >= 11 is 0. The SMILES string of the molecule is CCC(C)(C(CCC1CC1)NN)N1CCCCC1. The number of piperidine rings is 1. The van der Waals surface area contributed by atoms with Crippen LogP contribution >= 0.6 is 0 Å². The maximum atomic E-state index is 5.87. The Morgan fingerprint density at radius 3 is 2.44 bits per heavy atom. The zero-order valence-corrected chi connectivity index (χ0v) is 12.3. The Bertz CT molecular complexity index is 246. The first kappa shape index (κ1) is 14.3. The van der Waals surface area contributed by atoms with Crippen molar-refractivity contribution >= 4 is 0 Å². The van der Waals surface area contributed by atoms with Crippen molar-refractivity contribution in [2.75, 3.05) is 13.1 Å². The Labute approximate surface area is 112 Å². The average Bonchev–Trinajstić information content (AvgIpc) is 3.24. The molecule has 1 aliphatic carbocycles. The summed E-state index contributed by atoms with van der Waals surface area (Å²) in [5, 5.41) is 0. The number of hydrazine groups is 1. The zero-order valence-electron chi connectivity index (χ0n) is 12.3. The number of likely N-dealkylation sites (tertiary alicyclic amines) is 1. The minimum absolute atomic E-state index is 0.240. The van der Waals surface area contributed by atoms with Gasteiger partial charge >= 0.3 is 0 Å². The van der Waals surface area contributed by atoms with Gasteiger partial charge in [0.05, 0.1) is 0 Å². The maximum Gasteiger partial charge on any atom is 0.0392 e. The van der Waals surface area contributed by atoms with Crippen LogP contribution in [0.25, 0.3) is 0 Å². The van der Waals surface area contributed by atoms with Crippen LogP contribution in [-0.4, -0.2) is 29.6 Å². The van der Waals surface area contributed by atoms with Gasteiger partial charge in [-0.05, 0) is 58.0 Å². The first-order valence-electron chi connectivity index (χ1n) is 7.92. The van der Waals surface area contributed by atoms with Crippen molar-refractivity contribution in [3.05, 3.63) is 0 Å². The molecule has 1 saturated carbocycles. The summed E-state index contributed by atoms with van der Waals surface area (Å²) in [7, 11) is 0. The average molecular weight is 253 g/mol. The van der Waals surface area contributed by atoms with Gasteiger partial charge in [-0.1, -0.05) is 26.2 Å². The van der Waals surface area contributed by atoms with E-state index in [1.54, 1.807) is 0 Å². The normalized spacial score (nSPS) is 26.8. The second-order valence-corrected chi connectivity index (χ2v) is 6.50. The van der Waals surface area contributed by atoms with E-state index in [9.17, 15) is 0 Å². The summed E-state index contributed by atoms with van der Waals surface area (Å²) in [4.78, 5) is 2.69. The highest BCUT2D eigenvalue weighted by molar-refractivity contribution is 4.97. The standard InChI is InChI=1S/C15H31N3/c1-3-15(2,18-11-5-4-6-12-18)14(17-16)10-9-13-7-8-13/h13-14,17H,3-12,16H2,1-2H3. The molecule has 0 amide bonds. The summed E-state index contributed by atoms with van der Waals surface area (Å²) in [6, 6.07) is 0.446. The van der Waals surface area contributed by atoms with Gasteiger partial charge in [-0.3, -0.25) is 16.2 Å². The molecular weight excluding hydrogens is 222 g/mol. The van der Waals surface area contributed by atoms with Crippen LogP contribution in [0.3, 0.4) is 0 Å². The Balaban J connectivity index is 1.96. The highest BCUT2D eigenvalue weighted by Gasteiger charge is 2.38. The van der Waals surface area contributed by atoms with E-state index in [0.717, 1.165) is 5.92 Å². The van der Waals surface area contributed by atoms with Crippen LogP contribution in [0.2, 0.25) is 0 Å². The van der Waals surface area contributed by atoms with Crippen molar-refractivity contribution in [1.82, 2.24) is 10.3 Å². The first-order chi connectivity index (χ1) is 8.70. The second-order valence-electron chi connectivity index (χ2n) is 6.50. The van der Waals surface area contributed by atoms with E-state index >= 15 is 0 Å². The molecule has 3 heteroatoms. The smallest absolute Gasteiger partial charge is 0.0392 e. The van der Waals surface area contributed by atoms with Gasteiger partial charge in [0.15, 0.2) is 0 Å². The van der Waals surface area contributed by atoms with E-state index in [1.165, 1.54) is 64.5 Å². The summed E-state index contributed by atoms with van der Waals surface area (Å²) in [5.74, 6) is 6.87. The molecule has 2 fully saturated rings. The molecule has 0 radical (unpaired) electrons. The monoisotopic (exact) mass is 253 g/mol. The highest BCUT2D eigenvalue weighted by atomic mass is 15.3. The fraction of sp³-hybridized carbons (Fsp3) is 1.00. The molecule has 0 aromatic carbocycles. The van der Waals surface area contributed by atoms with Crippen molar-refractivity contribution in [3.8, 4) is 0 Å². The molecule has 1 saturated heterocycles. The summed E-state index contributed by atoms with van der Waals surface area (Å²) in [5.41, 5.74) is 3.37. The van der Waals surface area contributed by atoms with Gasteiger partial charge in [-0.25, -0.2) is 0 Å². The number of hydrogen-bond donors (Lipinski definition) is 2. The second kappa shape index (κ2) is 6.36. The van der Waals surface area contributed by atoms with Crippen LogP contribution in [0.5, 0.6) is 0 Å². The third kappa shape index (κ3) is 3.25. The Morgan fingerprint density at radius 1 is 1.28 bits per heavy atom. The lowest BCUT2D eigenvalue weighted by atomic mass is 9.83. The molecule has 18 heavy (non-hydrogen) atoms. The molecule has 0 bridgehead atoms. The van der Waals surface area contributed by atoms with Gasteiger partial charge < -0.3 is 0 Å². The van der Waals surface area contributed by atoms with Gasteiger partial charge in [0.1, 0.15) is 0 Å². The van der Waals surface area contributed by atoms with E-state index < -0.39 is 0 Å². The lowest BCUT2D eigenvalue weighted by Crippen LogP contribution is -2.61. The molecular formula is C15H31N3. The Morgan fingerprint density at radius 2 is 1.94 bits per heavy atom. The third-order valence-corrected chi connectivity index (χ3v) is 5.31. The zero-order chi connectivity index (χ0) is 13.0. The molecule has 3 N–H and O–H groups in total. The minimum Gasteiger partial charge on any atom is -0.296 e.